The Labute approximate surface area is 245 Å². The number of pyridine rings is 2. The predicted molar refractivity (Wildman–Crippen MR) is 165 cm³/mol. The van der Waals surface area contributed by atoms with Gasteiger partial charge in [0.1, 0.15) is 11.5 Å². The molecule has 1 N–H and O–H groups in total. The van der Waals surface area contributed by atoms with Crippen molar-refractivity contribution in [2.45, 2.75) is 64.1 Å². The number of halogens is 1. The molecule has 0 spiro atoms. The lowest BCUT2D eigenvalue weighted by molar-refractivity contribution is -0.148. The van der Waals surface area contributed by atoms with E-state index in [2.05, 4.69) is 39.1 Å². The van der Waals surface area contributed by atoms with E-state index in [1.54, 1.807) is 6.07 Å². The van der Waals surface area contributed by atoms with Gasteiger partial charge in [0.15, 0.2) is 0 Å². The van der Waals surface area contributed by atoms with Crippen LogP contribution in [0.25, 0.3) is 44.5 Å². The molecule has 3 aliphatic rings. The Bertz CT molecular complexity index is 1810. The third-order valence-electron chi connectivity index (χ3n) is 9.76. The number of fused-ring (bicyclic) bond motifs is 4. The minimum atomic E-state index is -0.265. The minimum absolute atomic E-state index is 0.265. The summed E-state index contributed by atoms with van der Waals surface area (Å²) in [5.74, 6) is -0.265. The van der Waals surface area contributed by atoms with Crippen LogP contribution in [0.15, 0.2) is 67.0 Å². The van der Waals surface area contributed by atoms with Gasteiger partial charge in [-0.2, -0.15) is 0 Å². The molecule has 2 saturated heterocycles. The number of aromatic amines is 1. The molecular weight excluding hydrogens is 523 g/mol. The smallest absolute Gasteiger partial charge is 0.137 e. The molecule has 5 aromatic rings. The third-order valence-corrected chi connectivity index (χ3v) is 9.76. The molecule has 6 heteroatoms. The van der Waals surface area contributed by atoms with E-state index in [9.17, 15) is 0 Å². The first-order valence-electron chi connectivity index (χ1n) is 15.2. The van der Waals surface area contributed by atoms with Crippen LogP contribution in [0.1, 0.15) is 41.6 Å². The first-order chi connectivity index (χ1) is 20.5. The molecule has 2 aromatic carbocycles. The zero-order valence-electron chi connectivity index (χ0n) is 24.2. The Morgan fingerprint density at radius 3 is 2.45 bits per heavy atom. The predicted octanol–water partition coefficient (Wildman–Crippen LogP) is 7.44. The first kappa shape index (κ1) is 25.8. The summed E-state index contributed by atoms with van der Waals surface area (Å²) >= 11 is 0. The fourth-order valence-corrected chi connectivity index (χ4v) is 7.51. The molecule has 5 nitrogen and oxygen atoms in total. The van der Waals surface area contributed by atoms with Crippen molar-refractivity contribution in [3.63, 3.8) is 0 Å². The fourth-order valence-electron chi connectivity index (χ4n) is 7.51. The number of hydrogen-bond acceptors (Lipinski definition) is 4. The zero-order chi connectivity index (χ0) is 28.4. The topological polar surface area (TPSA) is 54.0 Å². The van der Waals surface area contributed by atoms with Gasteiger partial charge in [-0.25, -0.2) is 9.37 Å². The van der Waals surface area contributed by atoms with Crippen molar-refractivity contribution < 1.29 is 9.13 Å². The second kappa shape index (κ2) is 10.1. The molecule has 8 rings (SSSR count). The molecule has 0 saturated carbocycles. The Hall–Kier alpha value is -3.87. The van der Waals surface area contributed by atoms with E-state index in [-0.39, 0.29) is 5.82 Å². The third kappa shape index (κ3) is 4.36. The summed E-state index contributed by atoms with van der Waals surface area (Å²) in [5.41, 5.74) is 10.8. The summed E-state index contributed by atoms with van der Waals surface area (Å²) in [6, 6.07) is 20.4. The molecule has 1 aliphatic carbocycles. The number of aryl methyl sites for hydroxylation is 4. The lowest BCUT2D eigenvalue weighted by Gasteiger charge is -2.56. The molecule has 3 atom stereocenters. The van der Waals surface area contributed by atoms with Crippen LogP contribution in [0.5, 0.6) is 0 Å². The van der Waals surface area contributed by atoms with Crippen LogP contribution >= 0.6 is 0 Å². The van der Waals surface area contributed by atoms with Crippen LogP contribution in [0.4, 0.5) is 4.39 Å². The lowest BCUT2D eigenvalue weighted by atomic mass is 9.87. The van der Waals surface area contributed by atoms with Crippen LogP contribution in [-0.4, -0.2) is 51.2 Å². The van der Waals surface area contributed by atoms with Gasteiger partial charge in [-0.1, -0.05) is 36.4 Å². The van der Waals surface area contributed by atoms with Crippen LogP contribution in [0.2, 0.25) is 0 Å². The summed E-state index contributed by atoms with van der Waals surface area (Å²) in [6.45, 7) is 5.77. The van der Waals surface area contributed by atoms with Gasteiger partial charge in [-0.05, 0) is 86.4 Å². The quantitative estimate of drug-likeness (QED) is 0.233. The number of morpholine rings is 1. The van der Waals surface area contributed by atoms with Crippen molar-refractivity contribution in [3.8, 4) is 33.5 Å². The number of benzene rings is 2. The van der Waals surface area contributed by atoms with E-state index in [1.807, 2.05) is 50.5 Å². The highest BCUT2D eigenvalue weighted by molar-refractivity contribution is 5.96. The molecule has 0 radical (unpaired) electrons. The van der Waals surface area contributed by atoms with E-state index >= 15 is 4.39 Å². The van der Waals surface area contributed by atoms with Crippen molar-refractivity contribution in [1.29, 1.82) is 0 Å². The fraction of sp³-hybridized carbons (Fsp3) is 0.333. The van der Waals surface area contributed by atoms with E-state index in [1.165, 1.54) is 36.0 Å². The molecule has 0 amide bonds. The van der Waals surface area contributed by atoms with Gasteiger partial charge in [-0.3, -0.25) is 9.88 Å². The minimum Gasteiger partial charge on any atom is -0.378 e. The molecule has 1 unspecified atom stereocenters. The van der Waals surface area contributed by atoms with Crippen LogP contribution in [-0.2, 0) is 17.6 Å². The molecule has 42 heavy (non-hydrogen) atoms. The molecule has 212 valence electrons. The number of hydrogen-bond donors (Lipinski definition) is 1. The number of ether oxygens (including phenoxy) is 1. The highest BCUT2D eigenvalue weighted by Gasteiger charge is 2.45. The normalized spacial score (nSPS) is 22.0. The first-order valence-corrected chi connectivity index (χ1v) is 15.2. The maximum absolute atomic E-state index is 15.6. The number of rotatable bonds is 4. The Balaban J connectivity index is 1.08. The molecular formula is C36H35FN4O. The van der Waals surface area contributed by atoms with Gasteiger partial charge in [-0.15, -0.1) is 0 Å². The van der Waals surface area contributed by atoms with Gasteiger partial charge in [0.2, 0.25) is 0 Å². The van der Waals surface area contributed by atoms with E-state index < -0.39 is 0 Å². The van der Waals surface area contributed by atoms with Gasteiger partial charge in [0.25, 0.3) is 0 Å². The van der Waals surface area contributed by atoms with Crippen LogP contribution in [0, 0.1) is 19.7 Å². The van der Waals surface area contributed by atoms with Crippen molar-refractivity contribution in [1.82, 2.24) is 19.9 Å². The van der Waals surface area contributed by atoms with Crippen molar-refractivity contribution in [2.75, 3.05) is 13.2 Å². The number of nitrogens with one attached hydrogen (secondary N) is 1. The van der Waals surface area contributed by atoms with Crippen molar-refractivity contribution >= 4 is 11.0 Å². The maximum Gasteiger partial charge on any atom is 0.137 e. The molecule has 5 heterocycles. The van der Waals surface area contributed by atoms with E-state index in [0.29, 0.717) is 23.7 Å². The summed E-state index contributed by atoms with van der Waals surface area (Å²) < 4.78 is 21.4. The Kier molecular flexibility index (Phi) is 6.23. The highest BCUT2D eigenvalue weighted by Crippen LogP contribution is 2.39. The van der Waals surface area contributed by atoms with Gasteiger partial charge in [0, 0.05) is 63.9 Å². The molecule has 2 aliphatic heterocycles. The summed E-state index contributed by atoms with van der Waals surface area (Å²) in [4.78, 5) is 15.4. The standard InChI is InChI=1S/C36H35FN4O/c1-21-3-4-22(2)40-35(21)26-9-12-31(34(37)15-26)33-18-39-36-32(33)14-27(17-38-36)25-6-5-23-7-10-28(11-8-24(23)13-25)41-29-16-30(41)20-42-19-29/h3-6,9,12-15,17-18,28-30H,7-8,10-11,16,19-20H2,1-2H3,(H,38,39)/t28-,29+,30?/m0/s1. The van der Waals surface area contributed by atoms with Crippen LogP contribution < -0.4 is 0 Å². The molecule has 2 bridgehead atoms. The summed E-state index contributed by atoms with van der Waals surface area (Å²) in [7, 11) is 0. The number of aromatic nitrogens is 3. The van der Waals surface area contributed by atoms with E-state index in [4.69, 9.17) is 9.72 Å². The maximum atomic E-state index is 15.6. The molecule has 3 aromatic heterocycles. The average molecular weight is 559 g/mol. The lowest BCUT2D eigenvalue weighted by Crippen LogP contribution is -2.66. The van der Waals surface area contributed by atoms with Crippen molar-refractivity contribution in [3.05, 3.63) is 95.2 Å². The number of nitrogens with zero attached hydrogens (tertiary/aromatic N) is 3. The highest BCUT2D eigenvalue weighted by atomic mass is 19.1. The van der Waals surface area contributed by atoms with Crippen LogP contribution in [0.3, 0.4) is 0 Å². The van der Waals surface area contributed by atoms with E-state index in [0.717, 1.165) is 70.7 Å². The Morgan fingerprint density at radius 2 is 1.64 bits per heavy atom. The largest absolute Gasteiger partial charge is 0.378 e. The van der Waals surface area contributed by atoms with Gasteiger partial charge < -0.3 is 9.72 Å². The number of H-pyrrole nitrogens is 1. The van der Waals surface area contributed by atoms with Gasteiger partial charge in [0.05, 0.1) is 18.9 Å². The summed E-state index contributed by atoms with van der Waals surface area (Å²) in [6.07, 6.45) is 9.76. The van der Waals surface area contributed by atoms with Crippen molar-refractivity contribution in [2.24, 2.45) is 0 Å². The monoisotopic (exact) mass is 558 g/mol. The zero-order valence-corrected chi connectivity index (χ0v) is 24.2. The second-order valence-corrected chi connectivity index (χ2v) is 12.4. The molecule has 2 fully saturated rings. The second-order valence-electron chi connectivity index (χ2n) is 12.4. The average Bonchev–Trinajstić information content (AvgIpc) is 3.32. The van der Waals surface area contributed by atoms with Gasteiger partial charge >= 0.3 is 0 Å². The SMILES string of the molecule is Cc1ccc(C)c(-c2ccc(-c3c[nH]c4ncc(-c5ccc6c(c5)CC[C@@H](N5C7COC[C@H]5C7)CC6)cc34)c(F)c2)n1. The summed E-state index contributed by atoms with van der Waals surface area (Å²) in [5, 5.41) is 0.922. The Morgan fingerprint density at radius 1 is 0.833 bits per heavy atom.